The van der Waals surface area contributed by atoms with E-state index in [1.165, 1.54) is 4.31 Å². The van der Waals surface area contributed by atoms with Crippen LogP contribution in [-0.2, 0) is 10.0 Å². The molecule has 0 aliphatic rings. The molecule has 0 amide bonds. The van der Waals surface area contributed by atoms with E-state index in [0.29, 0.717) is 24.5 Å². The van der Waals surface area contributed by atoms with Crippen LogP contribution < -0.4 is 0 Å². The fraction of sp³-hybridized carbons (Fsp3) is 0.769. The summed E-state index contributed by atoms with van der Waals surface area (Å²) < 4.78 is 31.8. The molecule has 0 aliphatic heterocycles. The van der Waals surface area contributed by atoms with E-state index in [4.69, 9.17) is 4.52 Å². The Balaban J connectivity index is 2.94. The molecule has 1 aromatic rings. The van der Waals surface area contributed by atoms with E-state index in [9.17, 15) is 8.42 Å². The molecule has 6 nitrogen and oxygen atoms in total. The van der Waals surface area contributed by atoms with E-state index in [-0.39, 0.29) is 4.90 Å². The van der Waals surface area contributed by atoms with Crippen molar-refractivity contribution in [1.29, 1.82) is 0 Å². The van der Waals surface area contributed by atoms with Gasteiger partial charge in [-0.1, -0.05) is 25.9 Å². The van der Waals surface area contributed by atoms with Crippen LogP contribution in [0.5, 0.6) is 0 Å². The molecule has 0 spiro atoms. The zero-order valence-electron chi connectivity index (χ0n) is 13.0. The molecule has 0 aliphatic carbocycles. The molecule has 0 saturated heterocycles. The van der Waals surface area contributed by atoms with Crippen LogP contribution >= 0.6 is 0 Å². The topological polar surface area (TPSA) is 66.7 Å². The first-order valence-electron chi connectivity index (χ1n) is 7.03. The Morgan fingerprint density at radius 2 is 1.65 bits per heavy atom. The molecule has 0 radical (unpaired) electrons. The Labute approximate surface area is 121 Å². The Bertz CT molecular complexity index is 501. The highest BCUT2D eigenvalue weighted by atomic mass is 32.2. The van der Waals surface area contributed by atoms with E-state index >= 15 is 0 Å². The van der Waals surface area contributed by atoms with E-state index in [0.717, 1.165) is 19.6 Å². The van der Waals surface area contributed by atoms with Gasteiger partial charge in [-0.15, -0.1) is 0 Å². The second-order valence-electron chi connectivity index (χ2n) is 4.68. The minimum Gasteiger partial charge on any atom is -0.360 e. The van der Waals surface area contributed by atoms with Gasteiger partial charge in [0.05, 0.1) is 0 Å². The smallest absolute Gasteiger partial charge is 0.248 e. The van der Waals surface area contributed by atoms with Crippen molar-refractivity contribution >= 4 is 10.0 Å². The maximum absolute atomic E-state index is 12.7. The van der Waals surface area contributed by atoms with Gasteiger partial charge in [0.25, 0.3) is 0 Å². The summed E-state index contributed by atoms with van der Waals surface area (Å²) in [7, 11) is -3.53. The van der Waals surface area contributed by atoms with Crippen LogP contribution in [0.4, 0.5) is 0 Å². The van der Waals surface area contributed by atoms with Crippen molar-refractivity contribution < 1.29 is 12.9 Å². The van der Waals surface area contributed by atoms with Crippen LogP contribution in [0.3, 0.4) is 0 Å². The Hall–Kier alpha value is -0.920. The average molecular weight is 303 g/mol. The number of rotatable bonds is 8. The minimum atomic E-state index is -3.53. The van der Waals surface area contributed by atoms with E-state index in [1.54, 1.807) is 13.8 Å². The maximum atomic E-state index is 12.7. The van der Waals surface area contributed by atoms with Crippen LogP contribution in [0, 0.1) is 13.8 Å². The van der Waals surface area contributed by atoms with Gasteiger partial charge in [0.15, 0.2) is 5.76 Å². The van der Waals surface area contributed by atoms with Gasteiger partial charge in [0.1, 0.15) is 10.6 Å². The fourth-order valence-electron chi connectivity index (χ4n) is 2.21. The molecular weight excluding hydrogens is 278 g/mol. The van der Waals surface area contributed by atoms with Crippen molar-refractivity contribution in [2.45, 2.75) is 39.5 Å². The lowest BCUT2D eigenvalue weighted by molar-refractivity contribution is 0.274. The standard InChI is InChI=1S/C13H25N3O3S/c1-6-15(7-2)9-10-16(8-3)20(17,18)13-11(4)14-19-12(13)5/h6-10H2,1-5H3. The van der Waals surface area contributed by atoms with Gasteiger partial charge in [0.2, 0.25) is 10.0 Å². The summed E-state index contributed by atoms with van der Waals surface area (Å²) in [6.45, 7) is 12.7. The molecule has 20 heavy (non-hydrogen) atoms. The predicted molar refractivity (Wildman–Crippen MR) is 78.2 cm³/mol. The molecule has 0 bridgehead atoms. The lowest BCUT2D eigenvalue weighted by Crippen LogP contribution is -2.38. The van der Waals surface area contributed by atoms with Gasteiger partial charge in [-0.2, -0.15) is 4.31 Å². The molecule has 0 unspecified atom stereocenters. The van der Waals surface area contributed by atoms with Crippen LogP contribution in [0.1, 0.15) is 32.2 Å². The molecule has 0 fully saturated rings. The van der Waals surface area contributed by atoms with Gasteiger partial charge >= 0.3 is 0 Å². The van der Waals surface area contributed by atoms with Crippen LogP contribution in [-0.4, -0.2) is 55.5 Å². The monoisotopic (exact) mass is 303 g/mol. The summed E-state index contributed by atoms with van der Waals surface area (Å²) in [6.07, 6.45) is 0. The van der Waals surface area contributed by atoms with Gasteiger partial charge in [-0.05, 0) is 26.9 Å². The highest BCUT2D eigenvalue weighted by molar-refractivity contribution is 7.89. The van der Waals surface area contributed by atoms with Crippen LogP contribution in [0.15, 0.2) is 9.42 Å². The predicted octanol–water partition coefficient (Wildman–Crippen LogP) is 1.64. The van der Waals surface area contributed by atoms with Crippen molar-refractivity contribution in [1.82, 2.24) is 14.4 Å². The average Bonchev–Trinajstić information content (AvgIpc) is 2.74. The first-order chi connectivity index (χ1) is 9.38. The van der Waals surface area contributed by atoms with Crippen molar-refractivity contribution in [3.05, 3.63) is 11.5 Å². The second-order valence-corrected chi connectivity index (χ2v) is 6.55. The molecule has 0 atom stereocenters. The summed E-state index contributed by atoms with van der Waals surface area (Å²) in [4.78, 5) is 2.41. The zero-order valence-corrected chi connectivity index (χ0v) is 13.8. The van der Waals surface area contributed by atoms with E-state index < -0.39 is 10.0 Å². The number of aryl methyl sites for hydroxylation is 2. The number of aromatic nitrogens is 1. The third-order valence-corrected chi connectivity index (χ3v) is 5.70. The summed E-state index contributed by atoms with van der Waals surface area (Å²) >= 11 is 0. The zero-order chi connectivity index (χ0) is 15.3. The van der Waals surface area contributed by atoms with Crippen molar-refractivity contribution in [2.75, 3.05) is 32.7 Å². The molecule has 0 saturated carbocycles. The third kappa shape index (κ3) is 3.59. The summed E-state index contributed by atoms with van der Waals surface area (Å²) in [5, 5.41) is 3.74. The summed E-state index contributed by atoms with van der Waals surface area (Å²) in [5.41, 5.74) is 0.420. The van der Waals surface area contributed by atoms with Gasteiger partial charge in [-0.25, -0.2) is 8.42 Å². The normalized spacial score (nSPS) is 12.6. The minimum absolute atomic E-state index is 0.207. The largest absolute Gasteiger partial charge is 0.360 e. The maximum Gasteiger partial charge on any atom is 0.248 e. The quantitative estimate of drug-likeness (QED) is 0.730. The highest BCUT2D eigenvalue weighted by Gasteiger charge is 2.29. The molecule has 1 aromatic heterocycles. The molecular formula is C13H25N3O3S. The van der Waals surface area contributed by atoms with Crippen molar-refractivity contribution in [2.24, 2.45) is 0 Å². The fourth-order valence-corrected chi connectivity index (χ4v) is 3.94. The molecule has 0 aromatic carbocycles. The molecule has 1 rings (SSSR count). The lowest BCUT2D eigenvalue weighted by atomic mass is 10.4. The number of hydrogen-bond donors (Lipinski definition) is 0. The molecule has 0 N–H and O–H groups in total. The van der Waals surface area contributed by atoms with E-state index in [1.807, 2.05) is 6.92 Å². The first-order valence-corrected chi connectivity index (χ1v) is 8.47. The SMILES string of the molecule is CCN(CC)CCN(CC)S(=O)(=O)c1c(C)noc1C. The van der Waals surface area contributed by atoms with Crippen LogP contribution in [0.2, 0.25) is 0 Å². The number of sulfonamides is 1. The first kappa shape index (κ1) is 17.1. The van der Waals surface area contributed by atoms with E-state index in [2.05, 4.69) is 23.9 Å². The summed E-state index contributed by atoms with van der Waals surface area (Å²) in [6, 6.07) is 0. The summed E-state index contributed by atoms with van der Waals surface area (Å²) in [5.74, 6) is 0.351. The van der Waals surface area contributed by atoms with Gasteiger partial charge < -0.3 is 9.42 Å². The van der Waals surface area contributed by atoms with Gasteiger partial charge in [0, 0.05) is 19.6 Å². The third-order valence-electron chi connectivity index (χ3n) is 3.48. The highest BCUT2D eigenvalue weighted by Crippen LogP contribution is 2.22. The Kier molecular flexibility index (Phi) is 6.16. The Morgan fingerprint density at radius 1 is 1.05 bits per heavy atom. The number of likely N-dealkylation sites (N-methyl/N-ethyl adjacent to an activating group) is 2. The number of nitrogens with zero attached hydrogens (tertiary/aromatic N) is 3. The number of hydrogen-bond acceptors (Lipinski definition) is 5. The molecule has 1 heterocycles. The van der Waals surface area contributed by atoms with Crippen molar-refractivity contribution in [3.63, 3.8) is 0 Å². The molecule has 116 valence electrons. The van der Waals surface area contributed by atoms with Crippen molar-refractivity contribution in [3.8, 4) is 0 Å². The van der Waals surface area contributed by atoms with Gasteiger partial charge in [-0.3, -0.25) is 0 Å². The second kappa shape index (κ2) is 7.19. The lowest BCUT2D eigenvalue weighted by Gasteiger charge is -2.24. The van der Waals surface area contributed by atoms with Crippen LogP contribution in [0.25, 0.3) is 0 Å². The molecule has 7 heteroatoms. The Morgan fingerprint density at radius 3 is 2.05 bits per heavy atom.